The number of nitrogen functional groups attached to an aromatic ring is 1. The molecule has 196 valence electrons. The molecule has 10 heteroatoms. The van der Waals surface area contributed by atoms with Crippen molar-refractivity contribution < 1.29 is 19.1 Å². The van der Waals surface area contributed by atoms with Crippen LogP contribution in [-0.4, -0.2) is 47.1 Å². The number of carbonyl (C=O) groups excluding carboxylic acids is 3. The summed E-state index contributed by atoms with van der Waals surface area (Å²) < 4.78 is 5.76. The quantitative estimate of drug-likeness (QED) is 0.248. The Hall–Kier alpha value is -4.18. The molecule has 3 aromatic rings. The number of nitrogens with one attached hydrogen (secondary N) is 3. The molecule has 9 nitrogen and oxygen atoms in total. The summed E-state index contributed by atoms with van der Waals surface area (Å²) in [5.41, 5.74) is 6.56. The lowest BCUT2D eigenvalue weighted by Gasteiger charge is -2.34. The van der Waals surface area contributed by atoms with Crippen LogP contribution in [-0.2, 0) is 16.1 Å². The van der Waals surface area contributed by atoms with Crippen LogP contribution in [0.5, 0.6) is 11.5 Å². The minimum absolute atomic E-state index is 0.0118. The second-order valence-electron chi connectivity index (χ2n) is 9.53. The van der Waals surface area contributed by atoms with Crippen LogP contribution in [0, 0.1) is 11.3 Å². The first-order valence-corrected chi connectivity index (χ1v) is 13.4. The van der Waals surface area contributed by atoms with Crippen molar-refractivity contribution in [2.75, 3.05) is 6.54 Å². The Labute approximate surface area is 224 Å². The van der Waals surface area contributed by atoms with Gasteiger partial charge in [-0.2, -0.15) is 0 Å². The predicted octanol–water partition coefficient (Wildman–Crippen LogP) is 3.25. The van der Waals surface area contributed by atoms with Crippen molar-refractivity contribution in [2.45, 2.75) is 37.9 Å². The van der Waals surface area contributed by atoms with Crippen molar-refractivity contribution in [3.63, 3.8) is 0 Å². The van der Waals surface area contributed by atoms with Crippen molar-refractivity contribution in [3.05, 3.63) is 82.0 Å². The molecule has 1 aliphatic carbocycles. The fraction of sp³-hybridized carbons (Fsp3) is 0.286. The molecular weight excluding hydrogens is 502 g/mol. The largest absolute Gasteiger partial charge is 0.457 e. The third kappa shape index (κ3) is 5.55. The summed E-state index contributed by atoms with van der Waals surface area (Å²) in [6.07, 6.45) is 2.57. The Morgan fingerprint density at radius 3 is 2.45 bits per heavy atom. The maximum Gasteiger partial charge on any atom is 0.251 e. The highest BCUT2D eigenvalue weighted by atomic mass is 32.1. The van der Waals surface area contributed by atoms with Crippen LogP contribution in [0.25, 0.3) is 0 Å². The number of nitrogens with zero attached hydrogens (tertiary/aromatic N) is 1. The van der Waals surface area contributed by atoms with E-state index in [0.717, 1.165) is 24.1 Å². The number of rotatable bonds is 9. The number of piperidine rings is 1. The SMILES string of the molecule is N=C(N)c1csc(CNC(=O)C2C3CCC(C3)N2C(=O)CNC(=O)c2ccc(Oc3ccccc3)cc2)c1. The molecule has 2 aliphatic rings. The lowest BCUT2D eigenvalue weighted by molar-refractivity contribution is -0.142. The molecule has 5 N–H and O–H groups in total. The summed E-state index contributed by atoms with van der Waals surface area (Å²) in [5.74, 6) is 0.591. The van der Waals surface area contributed by atoms with Gasteiger partial charge in [-0.1, -0.05) is 18.2 Å². The topological polar surface area (TPSA) is 138 Å². The zero-order chi connectivity index (χ0) is 26.6. The van der Waals surface area contributed by atoms with Gasteiger partial charge < -0.3 is 26.0 Å². The number of amides is 3. The fourth-order valence-electron chi connectivity index (χ4n) is 5.23. The van der Waals surface area contributed by atoms with Gasteiger partial charge in [-0.25, -0.2) is 0 Å². The molecule has 1 saturated carbocycles. The van der Waals surface area contributed by atoms with E-state index >= 15 is 0 Å². The van der Waals surface area contributed by atoms with E-state index in [2.05, 4.69) is 10.6 Å². The van der Waals surface area contributed by atoms with E-state index in [-0.39, 0.29) is 42.1 Å². The van der Waals surface area contributed by atoms with E-state index in [1.54, 1.807) is 40.6 Å². The van der Waals surface area contributed by atoms with Crippen LogP contribution in [0.4, 0.5) is 0 Å². The van der Waals surface area contributed by atoms with E-state index in [1.165, 1.54) is 11.3 Å². The van der Waals surface area contributed by atoms with E-state index in [9.17, 15) is 14.4 Å². The zero-order valence-electron chi connectivity index (χ0n) is 20.7. The van der Waals surface area contributed by atoms with E-state index < -0.39 is 6.04 Å². The number of fused-ring (bicyclic) bond motifs is 2. The smallest absolute Gasteiger partial charge is 0.251 e. The number of amidine groups is 1. The number of thiophene rings is 1. The van der Waals surface area contributed by atoms with Gasteiger partial charge in [0.25, 0.3) is 5.91 Å². The van der Waals surface area contributed by atoms with Crippen LogP contribution in [0.1, 0.15) is 40.1 Å². The number of benzene rings is 2. The molecule has 2 bridgehead atoms. The first kappa shape index (κ1) is 25.5. The molecule has 3 atom stereocenters. The van der Waals surface area contributed by atoms with Crippen LogP contribution in [0.3, 0.4) is 0 Å². The third-order valence-corrected chi connectivity index (χ3v) is 7.98. The Morgan fingerprint density at radius 1 is 1.00 bits per heavy atom. The van der Waals surface area contributed by atoms with E-state index in [1.807, 2.05) is 30.3 Å². The third-order valence-electron chi connectivity index (χ3n) is 7.04. The van der Waals surface area contributed by atoms with Gasteiger partial charge in [0.2, 0.25) is 11.8 Å². The van der Waals surface area contributed by atoms with E-state index in [0.29, 0.717) is 29.2 Å². The van der Waals surface area contributed by atoms with Gasteiger partial charge in [0.05, 0.1) is 13.1 Å². The summed E-state index contributed by atoms with van der Waals surface area (Å²) in [6, 6.07) is 17.3. The maximum atomic E-state index is 13.2. The maximum absolute atomic E-state index is 13.2. The predicted molar refractivity (Wildman–Crippen MR) is 144 cm³/mol. The highest BCUT2D eigenvalue weighted by Crippen LogP contribution is 2.42. The average Bonchev–Trinajstić information content (AvgIpc) is 3.68. The summed E-state index contributed by atoms with van der Waals surface area (Å²) in [4.78, 5) is 41.5. The summed E-state index contributed by atoms with van der Waals surface area (Å²) in [5, 5.41) is 15.0. The summed E-state index contributed by atoms with van der Waals surface area (Å²) in [7, 11) is 0. The first-order valence-electron chi connectivity index (χ1n) is 12.5. The average molecular weight is 532 g/mol. The molecule has 1 aliphatic heterocycles. The van der Waals surface area contributed by atoms with E-state index in [4.69, 9.17) is 15.9 Å². The van der Waals surface area contributed by atoms with Gasteiger partial charge in [0.15, 0.2) is 0 Å². The van der Waals surface area contributed by atoms with Crippen molar-refractivity contribution in [2.24, 2.45) is 11.7 Å². The van der Waals surface area contributed by atoms with Crippen molar-refractivity contribution in [1.29, 1.82) is 5.41 Å². The van der Waals surface area contributed by atoms with Gasteiger partial charge in [-0.3, -0.25) is 19.8 Å². The van der Waals surface area contributed by atoms with Crippen LogP contribution < -0.4 is 21.1 Å². The highest BCUT2D eigenvalue weighted by molar-refractivity contribution is 7.10. The molecule has 0 spiro atoms. The molecule has 1 aromatic heterocycles. The Kier molecular flexibility index (Phi) is 7.41. The zero-order valence-corrected chi connectivity index (χ0v) is 21.5. The minimum atomic E-state index is -0.542. The highest BCUT2D eigenvalue weighted by Gasteiger charge is 2.51. The lowest BCUT2D eigenvalue weighted by atomic mass is 9.97. The van der Waals surface area contributed by atoms with Crippen molar-refractivity contribution >= 4 is 34.9 Å². The normalized spacial score (nSPS) is 19.7. The van der Waals surface area contributed by atoms with Crippen molar-refractivity contribution in [1.82, 2.24) is 15.5 Å². The molecule has 0 radical (unpaired) electrons. The summed E-state index contributed by atoms with van der Waals surface area (Å²) in [6.45, 7) is 0.133. The van der Waals surface area contributed by atoms with Crippen molar-refractivity contribution in [3.8, 4) is 11.5 Å². The second kappa shape index (κ2) is 11.1. The molecule has 2 heterocycles. The molecule has 3 amide bonds. The number of likely N-dealkylation sites (tertiary alicyclic amines) is 1. The van der Waals surface area contributed by atoms with Gasteiger partial charge in [0.1, 0.15) is 23.4 Å². The Balaban J connectivity index is 1.16. The van der Waals surface area contributed by atoms with Crippen LogP contribution in [0.2, 0.25) is 0 Å². The number of hydrogen-bond acceptors (Lipinski definition) is 6. The summed E-state index contributed by atoms with van der Waals surface area (Å²) >= 11 is 1.42. The Bertz CT molecular complexity index is 1340. The number of ether oxygens (including phenoxy) is 1. The van der Waals surface area contributed by atoms with Crippen LogP contribution in [0.15, 0.2) is 66.0 Å². The molecule has 5 rings (SSSR count). The number of para-hydroxylation sites is 1. The Morgan fingerprint density at radius 2 is 1.74 bits per heavy atom. The molecule has 2 aromatic carbocycles. The lowest BCUT2D eigenvalue weighted by Crippen LogP contribution is -2.54. The first-order chi connectivity index (χ1) is 18.4. The van der Waals surface area contributed by atoms with Gasteiger partial charge in [-0.15, -0.1) is 11.3 Å². The van der Waals surface area contributed by atoms with Crippen LogP contribution >= 0.6 is 11.3 Å². The monoisotopic (exact) mass is 531 g/mol. The molecular formula is C28H29N5O4S. The van der Waals surface area contributed by atoms with Gasteiger partial charge in [0, 0.05) is 27.4 Å². The van der Waals surface area contributed by atoms with Gasteiger partial charge in [-0.05, 0) is 67.6 Å². The molecule has 1 saturated heterocycles. The molecule has 38 heavy (non-hydrogen) atoms. The molecule has 2 fully saturated rings. The minimum Gasteiger partial charge on any atom is -0.457 e. The van der Waals surface area contributed by atoms with Gasteiger partial charge >= 0.3 is 0 Å². The number of hydrogen-bond donors (Lipinski definition) is 4. The standard InChI is InChI=1S/C28H29N5O4S/c29-26(30)19-13-23(38-16-19)14-31-28(36)25-18-6-9-20(12-18)33(25)24(34)15-32-27(35)17-7-10-22(11-8-17)37-21-4-2-1-3-5-21/h1-5,7-8,10-11,13,16,18,20,25H,6,9,12,14-15H2,(H3,29,30)(H,31,36)(H,32,35). The number of carbonyl (C=O) groups is 3. The number of nitrogens with two attached hydrogens (primary N) is 1. The fourth-order valence-corrected chi connectivity index (χ4v) is 6.05. The molecule has 3 unspecified atom stereocenters. The second-order valence-corrected chi connectivity index (χ2v) is 10.5.